The van der Waals surface area contributed by atoms with Gasteiger partial charge in [0.2, 0.25) is 0 Å². The van der Waals surface area contributed by atoms with Gasteiger partial charge in [-0.3, -0.25) is 9.78 Å². The van der Waals surface area contributed by atoms with Crippen molar-refractivity contribution in [3.63, 3.8) is 0 Å². The number of benzene rings is 1. The fraction of sp³-hybridized carbons (Fsp3) is 0.348. The van der Waals surface area contributed by atoms with E-state index in [1.165, 1.54) is 11.3 Å². The molecule has 1 N–H and O–H groups in total. The van der Waals surface area contributed by atoms with E-state index in [2.05, 4.69) is 41.5 Å². The van der Waals surface area contributed by atoms with Gasteiger partial charge in [-0.05, 0) is 49.9 Å². The number of aromatic nitrogens is 3. The quantitative estimate of drug-likeness (QED) is 0.702. The van der Waals surface area contributed by atoms with E-state index in [1.807, 2.05) is 27.9 Å². The molecule has 3 aromatic rings. The first-order valence-corrected chi connectivity index (χ1v) is 10.3. The summed E-state index contributed by atoms with van der Waals surface area (Å²) >= 11 is 0. The monoisotopic (exact) mass is 423 g/mol. The molecule has 1 atom stereocenters. The fourth-order valence-corrected chi connectivity index (χ4v) is 4.46. The van der Waals surface area contributed by atoms with E-state index < -0.39 is 0 Å². The number of pyridine rings is 1. The Bertz CT molecular complexity index is 1030. The third-order valence-electron chi connectivity index (χ3n) is 5.98. The molecule has 2 aromatic heterocycles. The predicted molar refractivity (Wildman–Crippen MR) is 118 cm³/mol. The SMILES string of the molecule is Cc1ccc(-n2nc(C(=O)N3CCNCC3c3cccnc3)c3c2CCC3)cc1.Cl. The van der Waals surface area contributed by atoms with Crippen LogP contribution in [0.5, 0.6) is 0 Å². The summed E-state index contributed by atoms with van der Waals surface area (Å²) in [5.74, 6) is 0.0318. The number of hydrogen-bond acceptors (Lipinski definition) is 4. The Kier molecular flexibility index (Phi) is 5.88. The molecule has 5 rings (SSSR count). The Morgan fingerprint density at radius 1 is 1.17 bits per heavy atom. The molecule has 1 aliphatic heterocycles. The maximum atomic E-state index is 13.6. The molecule has 1 amide bonds. The van der Waals surface area contributed by atoms with Gasteiger partial charge in [-0.15, -0.1) is 12.4 Å². The van der Waals surface area contributed by atoms with Crippen LogP contribution < -0.4 is 5.32 Å². The summed E-state index contributed by atoms with van der Waals surface area (Å²) in [7, 11) is 0. The van der Waals surface area contributed by atoms with Crippen LogP contribution in [0.15, 0.2) is 48.8 Å². The van der Waals surface area contributed by atoms with Gasteiger partial charge in [0.25, 0.3) is 5.91 Å². The number of hydrogen-bond donors (Lipinski definition) is 1. The third kappa shape index (κ3) is 3.61. The zero-order valence-corrected chi connectivity index (χ0v) is 17.9. The molecule has 1 saturated heterocycles. The first-order chi connectivity index (χ1) is 14.2. The lowest BCUT2D eigenvalue weighted by atomic mass is 10.0. The van der Waals surface area contributed by atoms with Gasteiger partial charge < -0.3 is 10.2 Å². The summed E-state index contributed by atoms with van der Waals surface area (Å²) in [4.78, 5) is 19.9. The van der Waals surface area contributed by atoms with Crippen molar-refractivity contribution in [3.05, 3.63) is 76.9 Å². The van der Waals surface area contributed by atoms with E-state index in [0.29, 0.717) is 12.2 Å². The lowest BCUT2D eigenvalue weighted by Gasteiger charge is -2.36. The molecule has 1 aromatic carbocycles. The molecule has 1 unspecified atom stereocenters. The molecule has 3 heterocycles. The minimum absolute atomic E-state index is 0. The number of rotatable bonds is 3. The highest BCUT2D eigenvalue weighted by Crippen LogP contribution is 2.31. The van der Waals surface area contributed by atoms with E-state index in [-0.39, 0.29) is 24.4 Å². The summed E-state index contributed by atoms with van der Waals surface area (Å²) in [5, 5.41) is 8.24. The van der Waals surface area contributed by atoms with Gasteiger partial charge in [0.05, 0.1) is 11.7 Å². The largest absolute Gasteiger partial charge is 0.328 e. The molecule has 1 fully saturated rings. The molecule has 30 heavy (non-hydrogen) atoms. The number of nitrogens with zero attached hydrogens (tertiary/aromatic N) is 4. The van der Waals surface area contributed by atoms with E-state index in [0.717, 1.165) is 49.2 Å². The van der Waals surface area contributed by atoms with Crippen molar-refractivity contribution in [2.24, 2.45) is 0 Å². The Morgan fingerprint density at radius 3 is 2.77 bits per heavy atom. The highest BCUT2D eigenvalue weighted by atomic mass is 35.5. The molecule has 6 nitrogen and oxygen atoms in total. The summed E-state index contributed by atoms with van der Waals surface area (Å²) < 4.78 is 1.98. The third-order valence-corrected chi connectivity index (χ3v) is 5.98. The van der Waals surface area contributed by atoms with E-state index in [4.69, 9.17) is 5.10 Å². The fourth-order valence-electron chi connectivity index (χ4n) is 4.46. The maximum Gasteiger partial charge on any atom is 0.275 e. The van der Waals surface area contributed by atoms with Gasteiger partial charge in [-0.25, -0.2) is 4.68 Å². The van der Waals surface area contributed by atoms with Crippen molar-refractivity contribution in [1.82, 2.24) is 25.0 Å². The first kappa shape index (κ1) is 20.6. The zero-order valence-electron chi connectivity index (χ0n) is 17.0. The van der Waals surface area contributed by atoms with Crippen LogP contribution in [0, 0.1) is 6.92 Å². The first-order valence-electron chi connectivity index (χ1n) is 10.3. The minimum atomic E-state index is -0.0217. The van der Waals surface area contributed by atoms with Crippen LogP contribution >= 0.6 is 12.4 Å². The number of fused-ring (bicyclic) bond motifs is 1. The Balaban J connectivity index is 0.00000218. The van der Waals surface area contributed by atoms with Gasteiger partial charge in [-0.2, -0.15) is 5.10 Å². The van der Waals surface area contributed by atoms with Gasteiger partial charge in [0.15, 0.2) is 5.69 Å². The normalized spacial score (nSPS) is 18.0. The van der Waals surface area contributed by atoms with Crippen molar-refractivity contribution in [3.8, 4) is 5.69 Å². The average molecular weight is 424 g/mol. The molecular formula is C23H26ClN5O. The van der Waals surface area contributed by atoms with Crippen LogP contribution in [-0.2, 0) is 12.8 Å². The molecule has 0 bridgehead atoms. The van der Waals surface area contributed by atoms with Gasteiger partial charge in [0.1, 0.15) is 0 Å². The number of halogens is 1. The number of amides is 1. The van der Waals surface area contributed by atoms with Crippen molar-refractivity contribution in [2.75, 3.05) is 19.6 Å². The van der Waals surface area contributed by atoms with Gasteiger partial charge in [-0.1, -0.05) is 23.8 Å². The number of aryl methyl sites for hydroxylation is 1. The molecule has 0 spiro atoms. The number of piperazine rings is 1. The number of carbonyl (C=O) groups excluding carboxylic acids is 1. The standard InChI is InChI=1S/C23H25N5O.ClH/c1-16-7-9-18(10-8-16)28-20-6-2-5-19(20)22(26-28)23(29)27-13-12-25-15-21(27)17-4-3-11-24-14-17;/h3-4,7-11,14,21,25H,2,5-6,12-13,15H2,1H3;1H. The van der Waals surface area contributed by atoms with Gasteiger partial charge >= 0.3 is 0 Å². The lowest BCUT2D eigenvalue weighted by Crippen LogP contribution is -2.49. The highest BCUT2D eigenvalue weighted by molar-refractivity contribution is 5.94. The van der Waals surface area contributed by atoms with Crippen LogP contribution in [0.2, 0.25) is 0 Å². The number of carbonyl (C=O) groups is 1. The van der Waals surface area contributed by atoms with E-state index >= 15 is 0 Å². The molecule has 7 heteroatoms. The van der Waals surface area contributed by atoms with Crippen LogP contribution in [0.1, 0.15) is 45.3 Å². The van der Waals surface area contributed by atoms with Crippen molar-refractivity contribution in [1.29, 1.82) is 0 Å². The second-order valence-corrected chi connectivity index (χ2v) is 7.88. The van der Waals surface area contributed by atoms with E-state index in [9.17, 15) is 4.79 Å². The topological polar surface area (TPSA) is 63.1 Å². The Hall–Kier alpha value is -2.70. The second kappa shape index (κ2) is 8.58. The summed E-state index contributed by atoms with van der Waals surface area (Å²) in [6.45, 7) is 4.28. The maximum absolute atomic E-state index is 13.6. The van der Waals surface area contributed by atoms with Crippen LogP contribution in [0.3, 0.4) is 0 Å². The number of nitrogens with one attached hydrogen (secondary N) is 1. The second-order valence-electron chi connectivity index (χ2n) is 7.88. The zero-order chi connectivity index (χ0) is 19.8. The predicted octanol–water partition coefficient (Wildman–Crippen LogP) is 3.27. The van der Waals surface area contributed by atoms with Crippen molar-refractivity contribution in [2.45, 2.75) is 32.2 Å². The van der Waals surface area contributed by atoms with Crippen LogP contribution in [-0.4, -0.2) is 45.2 Å². The molecule has 2 aliphatic rings. The smallest absolute Gasteiger partial charge is 0.275 e. The van der Waals surface area contributed by atoms with Gasteiger partial charge in [0, 0.05) is 43.3 Å². The van der Waals surface area contributed by atoms with Crippen molar-refractivity contribution >= 4 is 18.3 Å². The Morgan fingerprint density at radius 2 is 2.00 bits per heavy atom. The summed E-state index contributed by atoms with van der Waals surface area (Å²) in [6, 6.07) is 12.3. The molecular weight excluding hydrogens is 398 g/mol. The molecule has 156 valence electrons. The summed E-state index contributed by atoms with van der Waals surface area (Å²) in [5.41, 5.74) is 6.23. The van der Waals surface area contributed by atoms with E-state index in [1.54, 1.807) is 6.20 Å². The summed E-state index contributed by atoms with van der Waals surface area (Å²) in [6.07, 6.45) is 6.59. The molecule has 1 aliphatic carbocycles. The highest BCUT2D eigenvalue weighted by Gasteiger charge is 2.34. The minimum Gasteiger partial charge on any atom is -0.328 e. The average Bonchev–Trinajstić information content (AvgIpc) is 3.38. The Labute approximate surface area is 182 Å². The van der Waals surface area contributed by atoms with Crippen LogP contribution in [0.25, 0.3) is 5.69 Å². The van der Waals surface area contributed by atoms with Crippen molar-refractivity contribution < 1.29 is 4.79 Å². The van der Waals surface area contributed by atoms with Crippen LogP contribution in [0.4, 0.5) is 0 Å². The lowest BCUT2D eigenvalue weighted by molar-refractivity contribution is 0.0626. The molecule has 0 radical (unpaired) electrons. The molecule has 0 saturated carbocycles.